The van der Waals surface area contributed by atoms with Gasteiger partial charge in [0.1, 0.15) is 18.3 Å². The number of hydrogen-bond donors (Lipinski definition) is 5. The smallest absolute Gasteiger partial charge is 0.306 e. The predicted molar refractivity (Wildman–Crippen MR) is 83.1 cm³/mol. The SMILES string of the molecule is C[C@@H]1O[C@@H](CC(=O)NCC2CCC(C(=O)O)CC2)[C@@H](O)[C@H](O)[C@@H]1O. The number of ether oxygens (including phenoxy) is 1. The average Bonchev–Trinajstić information content (AvgIpc) is 2.56. The van der Waals surface area contributed by atoms with Gasteiger partial charge in [0.2, 0.25) is 5.91 Å². The van der Waals surface area contributed by atoms with Gasteiger partial charge in [0.05, 0.1) is 24.5 Å². The van der Waals surface area contributed by atoms with Crippen LogP contribution in [0, 0.1) is 11.8 Å². The zero-order valence-corrected chi connectivity index (χ0v) is 13.8. The topological polar surface area (TPSA) is 136 Å². The molecule has 5 N–H and O–H groups in total. The Morgan fingerprint density at radius 3 is 2.25 bits per heavy atom. The molecule has 1 saturated carbocycles. The summed E-state index contributed by atoms with van der Waals surface area (Å²) in [7, 11) is 0. The number of aliphatic carboxylic acids is 1. The summed E-state index contributed by atoms with van der Waals surface area (Å²) < 4.78 is 5.40. The van der Waals surface area contributed by atoms with E-state index in [2.05, 4.69) is 5.32 Å². The minimum absolute atomic E-state index is 0.0975. The van der Waals surface area contributed by atoms with Crippen molar-refractivity contribution >= 4 is 11.9 Å². The summed E-state index contributed by atoms with van der Waals surface area (Å²) in [4.78, 5) is 22.9. The quantitative estimate of drug-likeness (QED) is 0.442. The molecule has 1 saturated heterocycles. The molecule has 0 aromatic carbocycles. The van der Waals surface area contributed by atoms with Crippen LogP contribution in [0.5, 0.6) is 0 Å². The van der Waals surface area contributed by atoms with Crippen LogP contribution in [0.2, 0.25) is 0 Å². The van der Waals surface area contributed by atoms with Crippen LogP contribution < -0.4 is 5.32 Å². The van der Waals surface area contributed by atoms with Gasteiger partial charge in [-0.05, 0) is 38.5 Å². The first kappa shape index (κ1) is 19.1. The zero-order chi connectivity index (χ0) is 17.9. The van der Waals surface area contributed by atoms with E-state index in [0.29, 0.717) is 19.4 Å². The van der Waals surface area contributed by atoms with Crippen LogP contribution in [0.25, 0.3) is 0 Å². The van der Waals surface area contributed by atoms with Crippen LogP contribution in [0.4, 0.5) is 0 Å². The minimum atomic E-state index is -1.34. The number of carbonyl (C=O) groups is 2. The van der Waals surface area contributed by atoms with Crippen molar-refractivity contribution in [1.82, 2.24) is 5.32 Å². The van der Waals surface area contributed by atoms with Crippen molar-refractivity contribution in [2.75, 3.05) is 6.54 Å². The molecule has 1 aliphatic heterocycles. The lowest BCUT2D eigenvalue weighted by Crippen LogP contribution is -2.57. The van der Waals surface area contributed by atoms with Crippen LogP contribution in [0.15, 0.2) is 0 Å². The van der Waals surface area contributed by atoms with E-state index < -0.39 is 36.5 Å². The Morgan fingerprint density at radius 1 is 1.04 bits per heavy atom. The summed E-state index contributed by atoms with van der Waals surface area (Å²) in [5, 5.41) is 41.0. The summed E-state index contributed by atoms with van der Waals surface area (Å²) in [5.41, 5.74) is 0. The standard InChI is InChI=1S/C16H27NO7/c1-8-13(19)15(21)14(20)11(24-8)6-12(18)17-7-9-2-4-10(5-3-9)16(22)23/h8-11,13-15,19-21H,2-7H2,1H3,(H,17,18)(H,22,23)/t8-,9?,10?,11-,13+,14+,15+/m0/s1. The van der Waals surface area contributed by atoms with Gasteiger partial charge in [0.25, 0.3) is 0 Å². The van der Waals surface area contributed by atoms with E-state index in [-0.39, 0.29) is 24.2 Å². The van der Waals surface area contributed by atoms with Crippen molar-refractivity contribution in [3.8, 4) is 0 Å². The summed E-state index contributed by atoms with van der Waals surface area (Å²) >= 11 is 0. The largest absolute Gasteiger partial charge is 0.481 e. The fourth-order valence-electron chi connectivity index (χ4n) is 3.43. The third-order valence-corrected chi connectivity index (χ3v) is 5.12. The maximum absolute atomic E-state index is 12.0. The number of carbonyl (C=O) groups excluding carboxylic acids is 1. The Labute approximate surface area is 140 Å². The van der Waals surface area contributed by atoms with Crippen molar-refractivity contribution in [2.45, 2.75) is 69.5 Å². The number of hydrogen-bond acceptors (Lipinski definition) is 6. The maximum atomic E-state index is 12.0. The minimum Gasteiger partial charge on any atom is -0.481 e. The zero-order valence-electron chi connectivity index (χ0n) is 13.8. The average molecular weight is 345 g/mol. The van der Waals surface area contributed by atoms with Crippen LogP contribution in [0.3, 0.4) is 0 Å². The molecule has 0 aromatic heterocycles. The third-order valence-electron chi connectivity index (χ3n) is 5.12. The molecule has 2 fully saturated rings. The van der Waals surface area contributed by atoms with Gasteiger partial charge in [-0.2, -0.15) is 0 Å². The van der Waals surface area contributed by atoms with E-state index in [4.69, 9.17) is 9.84 Å². The van der Waals surface area contributed by atoms with Crippen LogP contribution in [-0.2, 0) is 14.3 Å². The van der Waals surface area contributed by atoms with E-state index in [1.807, 2.05) is 0 Å². The summed E-state index contributed by atoms with van der Waals surface area (Å²) in [6.45, 7) is 2.04. The normalized spacial score (nSPS) is 40.1. The summed E-state index contributed by atoms with van der Waals surface area (Å²) in [6.07, 6.45) is -2.66. The van der Waals surface area contributed by atoms with Gasteiger partial charge in [0.15, 0.2) is 0 Å². The molecule has 0 radical (unpaired) electrons. The van der Waals surface area contributed by atoms with E-state index in [1.54, 1.807) is 6.92 Å². The Morgan fingerprint density at radius 2 is 1.67 bits per heavy atom. The highest BCUT2D eigenvalue weighted by Crippen LogP contribution is 2.28. The number of amides is 1. The monoisotopic (exact) mass is 345 g/mol. The van der Waals surface area contributed by atoms with Gasteiger partial charge in [-0.15, -0.1) is 0 Å². The molecule has 1 aliphatic carbocycles. The lowest BCUT2D eigenvalue weighted by Gasteiger charge is -2.39. The number of aliphatic hydroxyl groups is 3. The Hall–Kier alpha value is -1.22. The number of nitrogens with one attached hydrogen (secondary N) is 1. The van der Waals surface area contributed by atoms with E-state index in [9.17, 15) is 24.9 Å². The molecule has 138 valence electrons. The highest BCUT2D eigenvalue weighted by Gasteiger charge is 2.42. The number of carboxylic acids is 1. The third kappa shape index (κ3) is 4.66. The van der Waals surface area contributed by atoms with Crippen molar-refractivity contribution in [3.05, 3.63) is 0 Å². The molecule has 5 atom stereocenters. The van der Waals surface area contributed by atoms with Crippen LogP contribution in [-0.4, -0.2) is 69.4 Å². The fourth-order valence-corrected chi connectivity index (χ4v) is 3.43. The first-order valence-electron chi connectivity index (χ1n) is 8.48. The maximum Gasteiger partial charge on any atom is 0.306 e. The van der Waals surface area contributed by atoms with Gasteiger partial charge < -0.3 is 30.5 Å². The molecular weight excluding hydrogens is 318 g/mol. The Bertz CT molecular complexity index is 450. The van der Waals surface area contributed by atoms with Gasteiger partial charge in [-0.1, -0.05) is 0 Å². The van der Waals surface area contributed by atoms with Crippen molar-refractivity contribution in [2.24, 2.45) is 11.8 Å². The highest BCUT2D eigenvalue weighted by atomic mass is 16.5. The van der Waals surface area contributed by atoms with E-state index in [0.717, 1.165) is 12.8 Å². The molecule has 0 unspecified atom stereocenters. The molecule has 24 heavy (non-hydrogen) atoms. The first-order valence-corrected chi connectivity index (χ1v) is 8.48. The number of aliphatic hydroxyl groups excluding tert-OH is 3. The second kappa shape index (κ2) is 8.24. The number of rotatable bonds is 5. The van der Waals surface area contributed by atoms with Gasteiger partial charge in [-0.3, -0.25) is 9.59 Å². The molecule has 1 amide bonds. The molecule has 0 bridgehead atoms. The second-order valence-corrected chi connectivity index (χ2v) is 6.92. The lowest BCUT2D eigenvalue weighted by molar-refractivity contribution is -0.218. The molecular formula is C16H27NO7. The fraction of sp³-hybridized carbons (Fsp3) is 0.875. The van der Waals surface area contributed by atoms with E-state index in [1.165, 1.54) is 0 Å². The summed E-state index contributed by atoms with van der Waals surface area (Å²) in [6, 6.07) is 0. The first-order chi connectivity index (χ1) is 11.3. The van der Waals surface area contributed by atoms with Crippen LogP contribution in [0.1, 0.15) is 39.0 Å². The van der Waals surface area contributed by atoms with Gasteiger partial charge in [-0.25, -0.2) is 0 Å². The molecule has 0 aromatic rings. The Balaban J connectivity index is 1.73. The molecule has 2 rings (SSSR count). The lowest BCUT2D eigenvalue weighted by atomic mass is 9.82. The van der Waals surface area contributed by atoms with E-state index >= 15 is 0 Å². The molecule has 8 heteroatoms. The highest BCUT2D eigenvalue weighted by molar-refractivity contribution is 5.76. The number of carboxylic acid groups (broad SMARTS) is 1. The van der Waals surface area contributed by atoms with Crippen molar-refractivity contribution in [1.29, 1.82) is 0 Å². The van der Waals surface area contributed by atoms with Crippen molar-refractivity contribution < 1.29 is 34.8 Å². The molecule has 2 aliphatic rings. The predicted octanol–water partition coefficient (Wildman–Crippen LogP) is -0.746. The summed E-state index contributed by atoms with van der Waals surface area (Å²) in [5.74, 6) is -1.07. The van der Waals surface area contributed by atoms with Crippen LogP contribution >= 0.6 is 0 Å². The van der Waals surface area contributed by atoms with Gasteiger partial charge in [0, 0.05) is 6.54 Å². The van der Waals surface area contributed by atoms with Gasteiger partial charge >= 0.3 is 5.97 Å². The second-order valence-electron chi connectivity index (χ2n) is 6.92. The molecule has 0 spiro atoms. The Kier molecular flexibility index (Phi) is 6.56. The molecule has 1 heterocycles. The van der Waals surface area contributed by atoms with Crippen molar-refractivity contribution in [3.63, 3.8) is 0 Å². The molecule has 8 nitrogen and oxygen atoms in total.